The highest BCUT2D eigenvalue weighted by molar-refractivity contribution is 7.15. The first-order valence-corrected chi connectivity index (χ1v) is 8.65. The summed E-state index contributed by atoms with van der Waals surface area (Å²) in [5, 5.41) is 0.423. The third-order valence-electron chi connectivity index (χ3n) is 3.90. The van der Waals surface area contributed by atoms with E-state index in [1.165, 1.54) is 18.4 Å². The summed E-state index contributed by atoms with van der Waals surface area (Å²) in [5.74, 6) is 0.983. The molecule has 0 spiro atoms. The van der Waals surface area contributed by atoms with Crippen molar-refractivity contribution >= 4 is 45.0 Å². The van der Waals surface area contributed by atoms with Crippen LogP contribution in [0.15, 0.2) is 41.2 Å². The highest BCUT2D eigenvalue weighted by Crippen LogP contribution is 2.36. The molecule has 4 rings (SSSR count). The molecule has 0 N–H and O–H groups in total. The van der Waals surface area contributed by atoms with Crippen LogP contribution in [0.2, 0.25) is 5.02 Å². The van der Waals surface area contributed by atoms with Gasteiger partial charge in [-0.3, -0.25) is 4.79 Å². The lowest BCUT2D eigenvalue weighted by molar-refractivity contribution is 0.355. The lowest BCUT2D eigenvalue weighted by atomic mass is 10.2. The van der Waals surface area contributed by atoms with Gasteiger partial charge in [0.15, 0.2) is 16.5 Å². The van der Waals surface area contributed by atoms with Crippen LogP contribution in [0, 0.1) is 0 Å². The summed E-state index contributed by atoms with van der Waals surface area (Å²) in [6, 6.07) is 11.1. The molecule has 0 atom stereocenters. The number of halogens is 1. The van der Waals surface area contributed by atoms with Gasteiger partial charge < -0.3 is 9.47 Å². The number of aromatic nitrogens is 2. The number of methoxy groups -OCH3 is 2. The summed E-state index contributed by atoms with van der Waals surface area (Å²) in [6.07, 6.45) is 1.78. The highest BCUT2D eigenvalue weighted by Gasteiger charge is 2.12. The third kappa shape index (κ3) is 2.54. The minimum atomic E-state index is -0.0976. The number of imidazole rings is 1. The van der Waals surface area contributed by atoms with Gasteiger partial charge in [-0.25, -0.2) is 9.38 Å². The molecular weight excluding hydrogens is 360 g/mol. The van der Waals surface area contributed by atoms with Gasteiger partial charge in [-0.15, -0.1) is 0 Å². The van der Waals surface area contributed by atoms with Crippen molar-refractivity contribution in [3.63, 3.8) is 0 Å². The quantitative estimate of drug-likeness (QED) is 0.554. The Kier molecular flexibility index (Phi) is 3.86. The topological polar surface area (TPSA) is 52.8 Å². The Bertz CT molecular complexity index is 1210. The second-order valence-electron chi connectivity index (χ2n) is 5.37. The number of hydrogen-bond donors (Lipinski definition) is 0. The number of ether oxygens (including phenoxy) is 2. The van der Waals surface area contributed by atoms with Crippen molar-refractivity contribution in [3.05, 3.63) is 61.9 Å². The van der Waals surface area contributed by atoms with Crippen LogP contribution >= 0.6 is 22.9 Å². The maximum Gasteiger partial charge on any atom is 0.274 e. The molecule has 0 radical (unpaired) electrons. The van der Waals surface area contributed by atoms with Crippen molar-refractivity contribution in [2.75, 3.05) is 14.2 Å². The lowest BCUT2D eigenvalue weighted by Crippen LogP contribution is -2.22. The van der Waals surface area contributed by atoms with E-state index in [1.54, 1.807) is 29.7 Å². The Morgan fingerprint density at radius 1 is 1.20 bits per heavy atom. The average molecular weight is 373 g/mol. The molecule has 0 aliphatic rings. The van der Waals surface area contributed by atoms with Crippen molar-refractivity contribution in [2.45, 2.75) is 0 Å². The number of para-hydroxylation sites is 2. The Morgan fingerprint density at radius 3 is 2.76 bits per heavy atom. The predicted molar refractivity (Wildman–Crippen MR) is 100 cm³/mol. The molecule has 0 amide bonds. The Hall–Kier alpha value is -2.57. The number of nitrogens with zero attached hydrogens (tertiary/aromatic N) is 2. The van der Waals surface area contributed by atoms with Gasteiger partial charge in [-0.1, -0.05) is 35.1 Å². The molecule has 2 aromatic heterocycles. The standard InChI is InChI=1S/C18H13ClN2O3S/c1-23-14-8-10(7-11(19)16(14)24-2)9-15-17(22)21-13-6-4-3-5-12(13)20-18(21)25-15/h3-9H,1-2H3. The Morgan fingerprint density at radius 2 is 2.00 bits per heavy atom. The first-order valence-electron chi connectivity index (χ1n) is 7.45. The van der Waals surface area contributed by atoms with Gasteiger partial charge >= 0.3 is 0 Å². The maximum atomic E-state index is 12.8. The van der Waals surface area contributed by atoms with E-state index < -0.39 is 0 Å². The van der Waals surface area contributed by atoms with E-state index in [0.29, 0.717) is 26.0 Å². The zero-order valence-corrected chi connectivity index (χ0v) is 15.0. The fraction of sp³-hybridized carbons (Fsp3) is 0.111. The summed E-state index contributed by atoms with van der Waals surface area (Å²) in [5.41, 5.74) is 2.28. The Balaban J connectivity index is 1.94. The molecule has 0 bridgehead atoms. The second kappa shape index (κ2) is 6.06. The van der Waals surface area contributed by atoms with Crippen LogP contribution in [0.3, 0.4) is 0 Å². The van der Waals surface area contributed by atoms with E-state index in [2.05, 4.69) is 4.98 Å². The number of hydrogen-bond acceptors (Lipinski definition) is 5. The van der Waals surface area contributed by atoms with Gasteiger partial charge in [0, 0.05) is 0 Å². The largest absolute Gasteiger partial charge is 0.493 e. The van der Waals surface area contributed by atoms with Crippen LogP contribution in [0.1, 0.15) is 5.56 Å². The lowest BCUT2D eigenvalue weighted by Gasteiger charge is -2.09. The van der Waals surface area contributed by atoms with Crippen LogP contribution in [0.5, 0.6) is 11.5 Å². The van der Waals surface area contributed by atoms with E-state index in [-0.39, 0.29) is 5.56 Å². The van der Waals surface area contributed by atoms with E-state index in [0.717, 1.165) is 16.6 Å². The van der Waals surface area contributed by atoms with Crippen LogP contribution in [0.4, 0.5) is 0 Å². The molecule has 5 nitrogen and oxygen atoms in total. The van der Waals surface area contributed by atoms with E-state index in [1.807, 2.05) is 24.3 Å². The van der Waals surface area contributed by atoms with Crippen molar-refractivity contribution in [3.8, 4) is 11.5 Å². The smallest absolute Gasteiger partial charge is 0.274 e. The highest BCUT2D eigenvalue weighted by atomic mass is 35.5. The number of rotatable bonds is 3. The summed E-state index contributed by atoms with van der Waals surface area (Å²) >= 11 is 7.58. The second-order valence-corrected chi connectivity index (χ2v) is 6.79. The monoisotopic (exact) mass is 372 g/mol. The zero-order chi connectivity index (χ0) is 17.6. The number of benzene rings is 2. The van der Waals surface area contributed by atoms with E-state index in [9.17, 15) is 4.79 Å². The molecule has 0 aliphatic heterocycles. The first kappa shape index (κ1) is 15.9. The first-order chi connectivity index (χ1) is 12.1. The molecule has 2 aromatic carbocycles. The van der Waals surface area contributed by atoms with Gasteiger partial charge in [0.1, 0.15) is 0 Å². The molecule has 126 valence electrons. The minimum absolute atomic E-state index is 0.0976. The van der Waals surface area contributed by atoms with Gasteiger partial charge in [-0.05, 0) is 35.9 Å². The molecular formula is C18H13ClN2O3S. The molecule has 0 aliphatic carbocycles. The predicted octanol–water partition coefficient (Wildman–Crippen LogP) is 3.13. The fourth-order valence-corrected chi connectivity index (χ4v) is 4.07. The molecule has 4 aromatic rings. The summed E-state index contributed by atoms with van der Waals surface area (Å²) in [7, 11) is 3.07. The normalized spacial score (nSPS) is 12.2. The van der Waals surface area contributed by atoms with Gasteiger partial charge in [-0.2, -0.15) is 0 Å². The van der Waals surface area contributed by atoms with Crippen molar-refractivity contribution in [1.29, 1.82) is 0 Å². The van der Waals surface area contributed by atoms with Crippen molar-refractivity contribution in [1.82, 2.24) is 9.38 Å². The maximum absolute atomic E-state index is 12.8. The molecule has 2 heterocycles. The fourth-order valence-electron chi connectivity index (χ4n) is 2.78. The zero-order valence-electron chi connectivity index (χ0n) is 13.4. The molecule has 0 fully saturated rings. The van der Waals surface area contributed by atoms with Crippen LogP contribution < -0.4 is 19.6 Å². The van der Waals surface area contributed by atoms with Gasteiger partial charge in [0.25, 0.3) is 5.56 Å². The van der Waals surface area contributed by atoms with Crippen LogP contribution in [-0.2, 0) is 0 Å². The van der Waals surface area contributed by atoms with Crippen molar-refractivity contribution < 1.29 is 9.47 Å². The number of thiazole rings is 1. The molecule has 25 heavy (non-hydrogen) atoms. The summed E-state index contributed by atoms with van der Waals surface area (Å²) < 4.78 is 12.8. The van der Waals surface area contributed by atoms with Gasteiger partial charge in [0.05, 0.1) is 34.8 Å². The molecule has 7 heteroatoms. The minimum Gasteiger partial charge on any atom is -0.493 e. The van der Waals surface area contributed by atoms with Crippen LogP contribution in [-0.4, -0.2) is 23.6 Å². The molecule has 0 saturated carbocycles. The third-order valence-corrected chi connectivity index (χ3v) is 5.15. The van der Waals surface area contributed by atoms with E-state index in [4.69, 9.17) is 21.1 Å². The average Bonchev–Trinajstić information content (AvgIpc) is 3.11. The van der Waals surface area contributed by atoms with Crippen LogP contribution in [0.25, 0.3) is 22.1 Å². The van der Waals surface area contributed by atoms with Gasteiger partial charge in [0.2, 0.25) is 0 Å². The van der Waals surface area contributed by atoms with Crippen molar-refractivity contribution in [2.24, 2.45) is 0 Å². The molecule has 0 unspecified atom stereocenters. The Labute approximate surface area is 151 Å². The summed E-state index contributed by atoms with van der Waals surface area (Å²) in [6.45, 7) is 0. The van der Waals surface area contributed by atoms with E-state index >= 15 is 0 Å². The molecule has 0 saturated heterocycles. The number of fused-ring (bicyclic) bond motifs is 3. The summed E-state index contributed by atoms with van der Waals surface area (Å²) in [4.78, 5) is 18.0. The SMILES string of the molecule is COc1cc(C=c2sc3nc4ccccc4n3c2=O)cc(Cl)c1OC.